The zero-order chi connectivity index (χ0) is 15.1. The Morgan fingerprint density at radius 2 is 2.20 bits per heavy atom. The smallest absolute Gasteiger partial charge is 0.310 e. The Labute approximate surface area is 117 Å². The number of nitro groups is 1. The number of rotatable bonds is 7. The van der Waals surface area contributed by atoms with E-state index in [9.17, 15) is 14.9 Å². The highest BCUT2D eigenvalue weighted by molar-refractivity contribution is 5.77. The molecule has 1 aromatic rings. The van der Waals surface area contributed by atoms with E-state index in [-0.39, 0.29) is 30.5 Å². The first-order valence-electron chi connectivity index (χ1n) is 6.31. The number of nitrogens with two attached hydrogens (primary N) is 1. The second-order valence-corrected chi connectivity index (χ2v) is 4.75. The normalized spacial score (nSPS) is 10.4. The van der Waals surface area contributed by atoms with Crippen molar-refractivity contribution in [2.45, 2.75) is 20.4 Å². The van der Waals surface area contributed by atoms with Crippen LogP contribution in [0.15, 0.2) is 18.2 Å². The lowest BCUT2D eigenvalue weighted by Gasteiger charge is -2.10. The topological polar surface area (TPSA) is 107 Å². The molecule has 0 unspecified atom stereocenters. The summed E-state index contributed by atoms with van der Waals surface area (Å²) in [6.45, 7) is 4.45. The largest absolute Gasteiger partial charge is 0.477 e. The molecule has 0 saturated heterocycles. The maximum Gasteiger partial charge on any atom is 0.310 e. The highest BCUT2D eigenvalue weighted by atomic mass is 16.6. The minimum absolute atomic E-state index is 0.0534. The van der Waals surface area contributed by atoms with Crippen molar-refractivity contribution < 1.29 is 14.5 Å². The van der Waals surface area contributed by atoms with Crippen LogP contribution in [0.1, 0.15) is 19.4 Å². The molecule has 0 aliphatic rings. The molecule has 110 valence electrons. The molecule has 0 aliphatic heterocycles. The molecule has 7 heteroatoms. The lowest BCUT2D eigenvalue weighted by Crippen LogP contribution is -2.31. The molecular formula is C13H19N3O4. The molecule has 1 aromatic carbocycles. The Morgan fingerprint density at radius 3 is 2.75 bits per heavy atom. The number of hydrogen-bond donors (Lipinski definition) is 2. The van der Waals surface area contributed by atoms with Gasteiger partial charge in [0.1, 0.15) is 0 Å². The summed E-state index contributed by atoms with van der Waals surface area (Å²) in [6.07, 6.45) is 0. The van der Waals surface area contributed by atoms with Crippen molar-refractivity contribution in [3.8, 4) is 5.75 Å². The SMILES string of the molecule is CC(C)CNC(=O)COc1cc(CN)ccc1[N+](=O)[O-]. The van der Waals surface area contributed by atoms with Gasteiger partial charge in [-0.05, 0) is 17.5 Å². The number of ether oxygens (including phenoxy) is 1. The third-order valence-corrected chi connectivity index (χ3v) is 2.52. The highest BCUT2D eigenvalue weighted by Crippen LogP contribution is 2.27. The maximum atomic E-state index is 11.5. The molecule has 0 heterocycles. The van der Waals surface area contributed by atoms with Gasteiger partial charge in [-0.1, -0.05) is 19.9 Å². The van der Waals surface area contributed by atoms with E-state index in [1.807, 2.05) is 13.8 Å². The quantitative estimate of drug-likeness (QED) is 0.577. The van der Waals surface area contributed by atoms with Crippen LogP contribution in [0, 0.1) is 16.0 Å². The molecule has 0 aromatic heterocycles. The standard InChI is InChI=1S/C13H19N3O4/c1-9(2)7-15-13(17)8-20-12-5-10(6-14)3-4-11(12)16(18)19/h3-5,9H,6-8,14H2,1-2H3,(H,15,17). The average Bonchev–Trinajstić information content (AvgIpc) is 2.42. The Morgan fingerprint density at radius 1 is 1.50 bits per heavy atom. The number of amides is 1. The predicted octanol–water partition coefficient (Wildman–Crippen LogP) is 1.20. The first-order valence-corrected chi connectivity index (χ1v) is 6.31. The van der Waals surface area contributed by atoms with Gasteiger partial charge in [-0.25, -0.2) is 0 Å². The van der Waals surface area contributed by atoms with E-state index in [0.29, 0.717) is 18.0 Å². The van der Waals surface area contributed by atoms with Crippen molar-refractivity contribution in [3.05, 3.63) is 33.9 Å². The molecule has 1 rings (SSSR count). The van der Waals surface area contributed by atoms with E-state index < -0.39 is 4.92 Å². The fraction of sp³-hybridized carbons (Fsp3) is 0.462. The molecule has 7 nitrogen and oxygen atoms in total. The summed E-state index contributed by atoms with van der Waals surface area (Å²) in [5, 5.41) is 13.5. The van der Waals surface area contributed by atoms with Crippen LogP contribution in [-0.4, -0.2) is 24.0 Å². The summed E-state index contributed by atoms with van der Waals surface area (Å²) in [7, 11) is 0. The van der Waals surface area contributed by atoms with E-state index in [1.165, 1.54) is 12.1 Å². The number of nitrogens with one attached hydrogen (secondary N) is 1. The van der Waals surface area contributed by atoms with Crippen LogP contribution in [0.2, 0.25) is 0 Å². The van der Waals surface area contributed by atoms with Crippen molar-refractivity contribution in [3.63, 3.8) is 0 Å². The van der Waals surface area contributed by atoms with Gasteiger partial charge in [0.05, 0.1) is 4.92 Å². The third-order valence-electron chi connectivity index (χ3n) is 2.52. The van der Waals surface area contributed by atoms with Crippen LogP contribution in [0.4, 0.5) is 5.69 Å². The summed E-state index contributed by atoms with van der Waals surface area (Å²) >= 11 is 0. The van der Waals surface area contributed by atoms with Crippen LogP contribution in [0.5, 0.6) is 5.75 Å². The van der Waals surface area contributed by atoms with Gasteiger partial charge < -0.3 is 15.8 Å². The monoisotopic (exact) mass is 281 g/mol. The first kappa shape index (κ1) is 15.9. The molecule has 0 radical (unpaired) electrons. The molecular weight excluding hydrogens is 262 g/mol. The van der Waals surface area contributed by atoms with Crippen LogP contribution >= 0.6 is 0 Å². The number of carbonyl (C=O) groups is 1. The Kier molecular flexibility index (Phi) is 5.92. The van der Waals surface area contributed by atoms with Gasteiger partial charge >= 0.3 is 5.69 Å². The summed E-state index contributed by atoms with van der Waals surface area (Å²) in [5.41, 5.74) is 6.00. The predicted molar refractivity (Wildman–Crippen MR) is 74.3 cm³/mol. The molecule has 0 fully saturated rings. The Bertz CT molecular complexity index is 489. The molecule has 0 aliphatic carbocycles. The summed E-state index contributed by atoms with van der Waals surface area (Å²) in [4.78, 5) is 21.8. The zero-order valence-corrected chi connectivity index (χ0v) is 11.6. The molecule has 1 amide bonds. The van der Waals surface area contributed by atoms with Gasteiger partial charge in [0.15, 0.2) is 12.4 Å². The fourth-order valence-corrected chi connectivity index (χ4v) is 1.46. The van der Waals surface area contributed by atoms with Gasteiger partial charge in [0, 0.05) is 19.2 Å². The molecule has 0 bridgehead atoms. The fourth-order valence-electron chi connectivity index (χ4n) is 1.46. The number of carbonyl (C=O) groups excluding carboxylic acids is 1. The van der Waals surface area contributed by atoms with E-state index in [4.69, 9.17) is 10.5 Å². The van der Waals surface area contributed by atoms with Gasteiger partial charge in [0.25, 0.3) is 5.91 Å². The third kappa shape index (κ3) is 4.85. The molecule has 3 N–H and O–H groups in total. The van der Waals surface area contributed by atoms with Crippen molar-refractivity contribution in [2.24, 2.45) is 11.7 Å². The van der Waals surface area contributed by atoms with Crippen molar-refractivity contribution in [1.29, 1.82) is 0 Å². The number of benzene rings is 1. The van der Waals surface area contributed by atoms with Crippen LogP contribution in [0.3, 0.4) is 0 Å². The lowest BCUT2D eigenvalue weighted by molar-refractivity contribution is -0.385. The van der Waals surface area contributed by atoms with Crippen molar-refractivity contribution in [1.82, 2.24) is 5.32 Å². The molecule has 0 atom stereocenters. The molecule has 0 saturated carbocycles. The second-order valence-electron chi connectivity index (χ2n) is 4.75. The number of nitrogens with zero attached hydrogens (tertiary/aromatic N) is 1. The summed E-state index contributed by atoms with van der Waals surface area (Å²) < 4.78 is 5.23. The van der Waals surface area contributed by atoms with Gasteiger partial charge in [0.2, 0.25) is 0 Å². The van der Waals surface area contributed by atoms with Gasteiger partial charge in [-0.3, -0.25) is 14.9 Å². The Hall–Kier alpha value is -2.15. The summed E-state index contributed by atoms with van der Waals surface area (Å²) in [5.74, 6) is 0.0673. The summed E-state index contributed by atoms with van der Waals surface area (Å²) in [6, 6.07) is 4.36. The van der Waals surface area contributed by atoms with Crippen molar-refractivity contribution in [2.75, 3.05) is 13.2 Å². The number of nitro benzene ring substituents is 1. The molecule has 0 spiro atoms. The van der Waals surface area contributed by atoms with E-state index in [0.717, 1.165) is 0 Å². The maximum absolute atomic E-state index is 11.5. The van der Waals surface area contributed by atoms with Crippen LogP contribution in [-0.2, 0) is 11.3 Å². The lowest BCUT2D eigenvalue weighted by atomic mass is 10.2. The minimum Gasteiger partial charge on any atom is -0.477 e. The van der Waals surface area contributed by atoms with E-state index in [1.54, 1.807) is 6.07 Å². The first-order chi connectivity index (χ1) is 9.43. The Balaban J connectivity index is 2.70. The van der Waals surface area contributed by atoms with E-state index in [2.05, 4.69) is 5.32 Å². The molecule has 20 heavy (non-hydrogen) atoms. The number of hydrogen-bond acceptors (Lipinski definition) is 5. The highest BCUT2D eigenvalue weighted by Gasteiger charge is 2.16. The second kappa shape index (κ2) is 7.44. The van der Waals surface area contributed by atoms with Crippen LogP contribution < -0.4 is 15.8 Å². The van der Waals surface area contributed by atoms with E-state index >= 15 is 0 Å². The van der Waals surface area contributed by atoms with Gasteiger partial charge in [-0.2, -0.15) is 0 Å². The zero-order valence-electron chi connectivity index (χ0n) is 11.6. The average molecular weight is 281 g/mol. The van der Waals surface area contributed by atoms with Gasteiger partial charge in [-0.15, -0.1) is 0 Å². The minimum atomic E-state index is -0.554. The van der Waals surface area contributed by atoms with Crippen LogP contribution in [0.25, 0.3) is 0 Å². The van der Waals surface area contributed by atoms with Crippen molar-refractivity contribution >= 4 is 11.6 Å².